The molecular weight excluding hydrogens is 282 g/mol. The second-order valence-electron chi connectivity index (χ2n) is 4.30. The van der Waals surface area contributed by atoms with Crippen LogP contribution < -0.4 is 4.74 Å². The Balaban J connectivity index is 2.15. The molecule has 0 unspecified atom stereocenters. The van der Waals surface area contributed by atoms with Gasteiger partial charge in [-0.15, -0.1) is 0 Å². The van der Waals surface area contributed by atoms with Gasteiger partial charge in [-0.3, -0.25) is 0 Å². The van der Waals surface area contributed by atoms with Crippen LogP contribution in [0.1, 0.15) is 15.9 Å². The summed E-state index contributed by atoms with van der Waals surface area (Å²) in [5.74, 6) is -1.70. The lowest BCUT2D eigenvalue weighted by Crippen LogP contribution is -2.10. The molecule has 2 aromatic carbocycles. The molecule has 0 bridgehead atoms. The Kier molecular flexibility index (Phi) is 4.68. The van der Waals surface area contributed by atoms with E-state index >= 15 is 0 Å². The number of rotatable bonds is 4. The number of carboxylic acid groups (broad SMARTS) is 1. The molecule has 1 N–H and O–H groups in total. The van der Waals surface area contributed by atoms with E-state index in [1.807, 2.05) is 6.07 Å². The van der Waals surface area contributed by atoms with Gasteiger partial charge in [0, 0.05) is 0 Å². The predicted molar refractivity (Wildman–Crippen MR) is 79.1 cm³/mol. The highest BCUT2D eigenvalue weighted by molar-refractivity contribution is 5.99. The molecule has 0 saturated carbocycles. The van der Waals surface area contributed by atoms with Gasteiger partial charge in [0.25, 0.3) is 0 Å². The fourth-order valence-electron chi connectivity index (χ4n) is 1.68. The monoisotopic (exact) mass is 293 g/mol. The van der Waals surface area contributed by atoms with Gasteiger partial charge in [-0.25, -0.2) is 9.59 Å². The highest BCUT2D eigenvalue weighted by Crippen LogP contribution is 2.15. The average molecular weight is 293 g/mol. The Morgan fingerprint density at radius 1 is 1.05 bits per heavy atom. The topological polar surface area (TPSA) is 87.4 Å². The molecular formula is C17H11NO4. The highest BCUT2D eigenvalue weighted by Gasteiger charge is 2.12. The largest absolute Gasteiger partial charge is 0.478 e. The lowest BCUT2D eigenvalue weighted by atomic mass is 10.1. The summed E-state index contributed by atoms with van der Waals surface area (Å²) >= 11 is 0. The molecule has 0 aliphatic rings. The summed E-state index contributed by atoms with van der Waals surface area (Å²) in [4.78, 5) is 22.7. The van der Waals surface area contributed by atoms with Crippen LogP contribution in [-0.4, -0.2) is 17.0 Å². The smallest absolute Gasteiger partial charge is 0.354 e. The number of hydrogen-bond donors (Lipinski definition) is 1. The molecule has 5 heteroatoms. The fraction of sp³-hybridized carbons (Fsp3) is 0. The zero-order valence-corrected chi connectivity index (χ0v) is 11.4. The summed E-state index contributed by atoms with van der Waals surface area (Å²) < 4.78 is 5.05. The van der Waals surface area contributed by atoms with E-state index in [1.54, 1.807) is 30.3 Å². The Morgan fingerprint density at radius 2 is 1.68 bits per heavy atom. The Bertz CT molecular complexity index is 755. The van der Waals surface area contributed by atoms with Gasteiger partial charge in [0.2, 0.25) is 0 Å². The summed E-state index contributed by atoms with van der Waals surface area (Å²) in [6.07, 6.45) is 1.42. The van der Waals surface area contributed by atoms with Crippen LogP contribution in [0.25, 0.3) is 6.08 Å². The molecule has 0 aromatic heterocycles. The number of esters is 1. The Labute approximate surface area is 126 Å². The number of aromatic carboxylic acids is 1. The number of carboxylic acids is 1. The van der Waals surface area contributed by atoms with E-state index in [0.29, 0.717) is 5.56 Å². The van der Waals surface area contributed by atoms with Gasteiger partial charge in [-0.2, -0.15) is 5.26 Å². The maximum absolute atomic E-state index is 11.9. The number of carbonyl (C=O) groups is 2. The molecule has 22 heavy (non-hydrogen) atoms. The molecule has 0 amide bonds. The molecule has 0 saturated heterocycles. The maximum atomic E-state index is 11.9. The van der Waals surface area contributed by atoms with E-state index in [4.69, 9.17) is 15.1 Å². The minimum atomic E-state index is -1.07. The first-order valence-corrected chi connectivity index (χ1v) is 6.32. The van der Waals surface area contributed by atoms with Crippen molar-refractivity contribution in [3.8, 4) is 11.8 Å². The lowest BCUT2D eigenvalue weighted by Gasteiger charge is -2.03. The third-order valence-electron chi connectivity index (χ3n) is 2.76. The van der Waals surface area contributed by atoms with Crippen molar-refractivity contribution in [1.29, 1.82) is 5.26 Å². The fourth-order valence-corrected chi connectivity index (χ4v) is 1.68. The van der Waals surface area contributed by atoms with Crippen LogP contribution in [0, 0.1) is 11.3 Å². The Hall–Kier alpha value is -3.39. The van der Waals surface area contributed by atoms with Gasteiger partial charge in [0.1, 0.15) is 17.4 Å². The maximum Gasteiger partial charge on any atom is 0.354 e. The minimum Gasteiger partial charge on any atom is -0.478 e. The number of benzene rings is 2. The summed E-state index contributed by atoms with van der Waals surface area (Å²) in [7, 11) is 0. The summed E-state index contributed by atoms with van der Waals surface area (Å²) in [6, 6.07) is 16.1. The van der Waals surface area contributed by atoms with Crippen molar-refractivity contribution in [2.45, 2.75) is 0 Å². The number of nitriles is 1. The molecule has 0 aliphatic carbocycles. The normalized spacial score (nSPS) is 10.6. The van der Waals surface area contributed by atoms with Gasteiger partial charge in [-0.1, -0.05) is 30.3 Å². The van der Waals surface area contributed by atoms with Gasteiger partial charge in [0.05, 0.1) is 5.56 Å². The molecule has 5 nitrogen and oxygen atoms in total. The van der Waals surface area contributed by atoms with Crippen molar-refractivity contribution in [2.75, 3.05) is 0 Å². The van der Waals surface area contributed by atoms with E-state index < -0.39 is 11.9 Å². The van der Waals surface area contributed by atoms with Gasteiger partial charge >= 0.3 is 11.9 Å². The number of nitrogens with zero attached hydrogens (tertiary/aromatic N) is 1. The zero-order chi connectivity index (χ0) is 15.9. The summed E-state index contributed by atoms with van der Waals surface area (Å²) in [5.41, 5.74) is 0.644. The first-order valence-electron chi connectivity index (χ1n) is 6.32. The molecule has 2 aromatic rings. The zero-order valence-electron chi connectivity index (χ0n) is 11.4. The number of carbonyl (C=O) groups excluding carboxylic acids is 1. The van der Waals surface area contributed by atoms with Gasteiger partial charge in [-0.05, 0) is 35.9 Å². The second-order valence-corrected chi connectivity index (χ2v) is 4.30. The number of ether oxygens (including phenoxy) is 1. The summed E-state index contributed by atoms with van der Waals surface area (Å²) in [5, 5.41) is 17.8. The third kappa shape index (κ3) is 3.81. The molecule has 2 rings (SSSR count). The second kappa shape index (κ2) is 6.86. The van der Waals surface area contributed by atoms with Crippen molar-refractivity contribution >= 4 is 18.0 Å². The molecule has 108 valence electrons. The quantitative estimate of drug-likeness (QED) is 0.405. The van der Waals surface area contributed by atoms with E-state index in [2.05, 4.69) is 0 Å². The van der Waals surface area contributed by atoms with Crippen molar-refractivity contribution in [3.05, 3.63) is 71.3 Å². The summed E-state index contributed by atoms with van der Waals surface area (Å²) in [6.45, 7) is 0. The van der Waals surface area contributed by atoms with Crippen LogP contribution in [0.5, 0.6) is 5.75 Å². The number of hydrogen-bond acceptors (Lipinski definition) is 4. The highest BCUT2D eigenvalue weighted by atomic mass is 16.5. The van der Waals surface area contributed by atoms with Crippen LogP contribution in [0.4, 0.5) is 0 Å². The van der Waals surface area contributed by atoms with Crippen molar-refractivity contribution < 1.29 is 19.4 Å². The molecule has 0 fully saturated rings. The van der Waals surface area contributed by atoms with E-state index in [9.17, 15) is 9.59 Å². The third-order valence-corrected chi connectivity index (χ3v) is 2.76. The van der Waals surface area contributed by atoms with E-state index in [1.165, 1.54) is 30.3 Å². The van der Waals surface area contributed by atoms with Gasteiger partial charge in [0.15, 0.2) is 0 Å². The van der Waals surface area contributed by atoms with Crippen LogP contribution in [-0.2, 0) is 4.79 Å². The van der Waals surface area contributed by atoms with E-state index in [-0.39, 0.29) is 16.9 Å². The lowest BCUT2D eigenvalue weighted by molar-refractivity contribution is -0.129. The van der Waals surface area contributed by atoms with E-state index in [0.717, 1.165) is 0 Å². The van der Waals surface area contributed by atoms with Crippen molar-refractivity contribution in [3.63, 3.8) is 0 Å². The van der Waals surface area contributed by atoms with Gasteiger partial charge < -0.3 is 9.84 Å². The molecule has 0 spiro atoms. The van der Waals surface area contributed by atoms with Crippen molar-refractivity contribution in [2.24, 2.45) is 0 Å². The van der Waals surface area contributed by atoms with Crippen LogP contribution in [0.15, 0.2) is 60.2 Å². The first-order chi connectivity index (χ1) is 10.6. The Morgan fingerprint density at radius 3 is 2.23 bits per heavy atom. The predicted octanol–water partition coefficient (Wildman–Crippen LogP) is 2.90. The molecule has 0 heterocycles. The minimum absolute atomic E-state index is 0.0835. The van der Waals surface area contributed by atoms with Crippen LogP contribution in [0.2, 0.25) is 0 Å². The van der Waals surface area contributed by atoms with Crippen LogP contribution in [0.3, 0.4) is 0 Å². The van der Waals surface area contributed by atoms with Crippen molar-refractivity contribution in [1.82, 2.24) is 0 Å². The first kappa shape index (κ1) is 15.0. The average Bonchev–Trinajstić information content (AvgIpc) is 2.54. The standard InChI is InChI=1S/C17H11NO4/c18-11-14(10-12-4-2-1-3-5-12)17(21)22-15-8-6-13(7-9-15)16(19)20/h1-10H,(H,19,20)/b14-10+. The molecule has 0 radical (unpaired) electrons. The molecule has 0 atom stereocenters. The van der Waals surface area contributed by atoms with Crippen LogP contribution >= 0.6 is 0 Å². The SMILES string of the molecule is N#C/C(=C\c1ccccc1)C(=O)Oc1ccc(C(=O)O)cc1. The molecule has 0 aliphatic heterocycles.